The monoisotopic (exact) mass is 238 g/mol. The van der Waals surface area contributed by atoms with Crippen molar-refractivity contribution in [2.45, 2.75) is 5.75 Å². The van der Waals surface area contributed by atoms with Crippen LogP contribution in [0, 0.1) is 0 Å². The third-order valence-electron chi connectivity index (χ3n) is 1.99. The summed E-state index contributed by atoms with van der Waals surface area (Å²) in [5, 5.41) is 22.7. The molecule has 1 heterocycles. The Balaban J connectivity index is 2.39. The molecule has 84 valence electrons. The Morgan fingerprint density at radius 1 is 1.38 bits per heavy atom. The zero-order valence-electron chi connectivity index (χ0n) is 8.54. The molecule has 0 saturated heterocycles. The summed E-state index contributed by atoms with van der Waals surface area (Å²) in [4.78, 5) is 4.10. The molecule has 1 aromatic heterocycles. The zero-order chi connectivity index (χ0) is 11.5. The second-order valence-electron chi connectivity index (χ2n) is 3.12. The number of hydrogen-bond acceptors (Lipinski definition) is 6. The first-order valence-corrected chi connectivity index (χ1v) is 5.94. The molecule has 0 amide bonds. The van der Waals surface area contributed by atoms with Crippen LogP contribution in [0.5, 0.6) is 11.5 Å². The minimum atomic E-state index is -0.248. The second kappa shape index (κ2) is 4.44. The van der Waals surface area contributed by atoms with E-state index in [1.54, 1.807) is 23.9 Å². The Morgan fingerprint density at radius 3 is 2.94 bits per heavy atom. The molecule has 5 nitrogen and oxygen atoms in total. The molecule has 0 bridgehead atoms. The molecular formula is C10H10N2O3S. The first kappa shape index (κ1) is 10.8. The normalized spacial score (nSPS) is 10.6. The number of benzene rings is 1. The summed E-state index contributed by atoms with van der Waals surface area (Å²) in [6.07, 6.45) is 1.93. The van der Waals surface area contributed by atoms with Gasteiger partial charge in [-0.05, 0) is 18.4 Å². The lowest BCUT2D eigenvalue weighted by Crippen LogP contribution is -1.83. The molecule has 16 heavy (non-hydrogen) atoms. The maximum atomic E-state index is 9.61. The molecule has 0 fully saturated rings. The number of rotatable bonds is 3. The molecule has 0 saturated carbocycles. The molecular weight excluding hydrogens is 228 g/mol. The Bertz CT molecular complexity index is 499. The molecule has 0 radical (unpaired) electrons. The van der Waals surface area contributed by atoms with Gasteiger partial charge in [-0.15, -0.1) is 0 Å². The summed E-state index contributed by atoms with van der Waals surface area (Å²) in [6, 6.07) is 4.59. The Hall–Kier alpha value is -1.69. The number of aromatic hydroxyl groups is 2. The first-order valence-electron chi connectivity index (χ1n) is 4.55. The van der Waals surface area contributed by atoms with E-state index in [9.17, 15) is 10.2 Å². The van der Waals surface area contributed by atoms with Gasteiger partial charge in [0.05, 0.1) is 11.3 Å². The maximum Gasteiger partial charge on any atom is 0.261 e. The molecule has 0 atom stereocenters. The molecule has 6 heteroatoms. The van der Waals surface area contributed by atoms with E-state index in [0.717, 1.165) is 0 Å². The van der Waals surface area contributed by atoms with E-state index in [1.165, 1.54) is 6.07 Å². The lowest BCUT2D eigenvalue weighted by Gasteiger charge is -2.00. The average Bonchev–Trinajstić information content (AvgIpc) is 2.71. The summed E-state index contributed by atoms with van der Waals surface area (Å²) >= 11 is 1.57. The second-order valence-corrected chi connectivity index (χ2v) is 3.99. The van der Waals surface area contributed by atoms with E-state index >= 15 is 0 Å². The lowest BCUT2D eigenvalue weighted by molar-refractivity contribution is 0.396. The lowest BCUT2D eigenvalue weighted by atomic mass is 10.2. The predicted molar refractivity (Wildman–Crippen MR) is 60.3 cm³/mol. The average molecular weight is 238 g/mol. The molecule has 2 N–H and O–H groups in total. The fraction of sp³-hybridized carbons (Fsp3) is 0.200. The van der Waals surface area contributed by atoms with Gasteiger partial charge in [0.1, 0.15) is 0 Å². The van der Waals surface area contributed by atoms with Gasteiger partial charge in [-0.25, -0.2) is 0 Å². The standard InChI is InChI=1S/C10H10N2O3S/c1-16-5-8-11-10(15-12-8)6-3-2-4-7(13)9(6)14/h2-4,13-14H,5H2,1H3. The third kappa shape index (κ3) is 1.96. The molecule has 0 aliphatic rings. The van der Waals surface area contributed by atoms with Gasteiger partial charge in [0.2, 0.25) is 0 Å². The summed E-state index contributed by atoms with van der Waals surface area (Å²) < 4.78 is 4.99. The van der Waals surface area contributed by atoms with Crippen molar-refractivity contribution in [3.05, 3.63) is 24.0 Å². The molecule has 2 aromatic rings. The number of para-hydroxylation sites is 1. The highest BCUT2D eigenvalue weighted by Gasteiger charge is 2.14. The predicted octanol–water partition coefficient (Wildman–Crippen LogP) is 2.01. The summed E-state index contributed by atoms with van der Waals surface area (Å²) in [7, 11) is 0. The Kier molecular flexibility index (Phi) is 3.00. The number of hydrogen-bond donors (Lipinski definition) is 2. The van der Waals surface area contributed by atoms with Crippen LogP contribution < -0.4 is 0 Å². The van der Waals surface area contributed by atoms with Gasteiger partial charge in [-0.1, -0.05) is 11.2 Å². The highest BCUT2D eigenvalue weighted by molar-refractivity contribution is 7.97. The van der Waals surface area contributed by atoms with Crippen LogP contribution in [0.25, 0.3) is 11.5 Å². The van der Waals surface area contributed by atoms with E-state index in [0.29, 0.717) is 17.1 Å². The number of phenolic OH excluding ortho intramolecular Hbond substituents is 2. The van der Waals surface area contributed by atoms with Crippen molar-refractivity contribution in [2.75, 3.05) is 6.26 Å². The van der Waals surface area contributed by atoms with Crippen molar-refractivity contribution >= 4 is 11.8 Å². The van der Waals surface area contributed by atoms with Crippen molar-refractivity contribution in [1.29, 1.82) is 0 Å². The van der Waals surface area contributed by atoms with Crippen LogP contribution in [0.4, 0.5) is 0 Å². The van der Waals surface area contributed by atoms with E-state index in [4.69, 9.17) is 4.52 Å². The van der Waals surface area contributed by atoms with Crippen molar-refractivity contribution in [3.8, 4) is 23.0 Å². The molecule has 0 unspecified atom stereocenters. The fourth-order valence-corrected chi connectivity index (χ4v) is 1.63. The maximum absolute atomic E-state index is 9.61. The van der Waals surface area contributed by atoms with Crippen LogP contribution in [0.3, 0.4) is 0 Å². The summed E-state index contributed by atoms with van der Waals surface area (Å²) in [5.41, 5.74) is 0.333. The van der Waals surface area contributed by atoms with Crippen molar-refractivity contribution in [1.82, 2.24) is 10.1 Å². The first-order chi connectivity index (χ1) is 7.72. The molecule has 1 aromatic carbocycles. The Morgan fingerprint density at radius 2 is 2.19 bits per heavy atom. The number of nitrogens with zero attached hydrogens (tertiary/aromatic N) is 2. The van der Waals surface area contributed by atoms with E-state index in [1.807, 2.05) is 6.26 Å². The highest BCUT2D eigenvalue weighted by Crippen LogP contribution is 2.35. The molecule has 0 spiro atoms. The van der Waals surface area contributed by atoms with Gasteiger partial charge >= 0.3 is 0 Å². The Labute approximate surface area is 96.1 Å². The van der Waals surface area contributed by atoms with Crippen LogP contribution in [0.1, 0.15) is 5.82 Å². The fourth-order valence-electron chi connectivity index (χ4n) is 1.25. The van der Waals surface area contributed by atoms with E-state index < -0.39 is 0 Å². The highest BCUT2D eigenvalue weighted by atomic mass is 32.2. The number of phenols is 2. The topological polar surface area (TPSA) is 79.4 Å². The summed E-state index contributed by atoms with van der Waals surface area (Å²) in [6.45, 7) is 0. The van der Waals surface area contributed by atoms with E-state index in [2.05, 4.69) is 10.1 Å². The zero-order valence-corrected chi connectivity index (χ0v) is 9.36. The van der Waals surface area contributed by atoms with Gasteiger partial charge in [0.15, 0.2) is 17.3 Å². The van der Waals surface area contributed by atoms with Crippen LogP contribution in [0.2, 0.25) is 0 Å². The van der Waals surface area contributed by atoms with Crippen molar-refractivity contribution in [3.63, 3.8) is 0 Å². The minimum absolute atomic E-state index is 0.206. The van der Waals surface area contributed by atoms with Gasteiger partial charge in [-0.3, -0.25) is 0 Å². The number of thioether (sulfide) groups is 1. The summed E-state index contributed by atoms with van der Waals surface area (Å²) in [5.74, 6) is 0.954. The molecule has 2 rings (SSSR count). The van der Waals surface area contributed by atoms with E-state index in [-0.39, 0.29) is 17.4 Å². The van der Waals surface area contributed by atoms with Gasteiger partial charge in [0, 0.05) is 0 Å². The largest absolute Gasteiger partial charge is 0.504 e. The van der Waals surface area contributed by atoms with Crippen LogP contribution >= 0.6 is 11.8 Å². The molecule has 0 aliphatic heterocycles. The quantitative estimate of drug-likeness (QED) is 0.796. The SMILES string of the molecule is CSCc1noc(-c2cccc(O)c2O)n1. The van der Waals surface area contributed by atoms with Crippen molar-refractivity contribution < 1.29 is 14.7 Å². The smallest absolute Gasteiger partial charge is 0.261 e. The minimum Gasteiger partial charge on any atom is -0.504 e. The third-order valence-corrected chi connectivity index (χ3v) is 2.53. The van der Waals surface area contributed by atoms with Crippen molar-refractivity contribution in [2.24, 2.45) is 0 Å². The number of aromatic nitrogens is 2. The molecule has 0 aliphatic carbocycles. The van der Waals surface area contributed by atoms with Gasteiger partial charge in [0.25, 0.3) is 5.89 Å². The van der Waals surface area contributed by atoms with Crippen LogP contribution in [0.15, 0.2) is 22.7 Å². The van der Waals surface area contributed by atoms with Crippen LogP contribution in [-0.2, 0) is 5.75 Å². The van der Waals surface area contributed by atoms with Gasteiger partial charge in [-0.2, -0.15) is 16.7 Å². The van der Waals surface area contributed by atoms with Crippen LogP contribution in [-0.4, -0.2) is 26.6 Å². The van der Waals surface area contributed by atoms with Gasteiger partial charge < -0.3 is 14.7 Å².